The molecule has 7 nitrogen and oxygen atoms in total. The van der Waals surface area contributed by atoms with Crippen molar-refractivity contribution in [1.29, 1.82) is 0 Å². The highest BCUT2D eigenvalue weighted by atomic mass is 32.2. The number of hydrogen-bond donors (Lipinski definition) is 2. The van der Waals surface area contributed by atoms with Crippen LogP contribution in [0.2, 0.25) is 0 Å². The molecule has 140 valence electrons. The molecule has 1 unspecified atom stereocenters. The summed E-state index contributed by atoms with van der Waals surface area (Å²) in [5.74, 6) is -0.298. The minimum absolute atomic E-state index is 0.194. The summed E-state index contributed by atoms with van der Waals surface area (Å²) in [6, 6.07) is 5.77. The number of benzene rings is 1. The average molecular weight is 369 g/mol. The van der Waals surface area contributed by atoms with Gasteiger partial charge in [-0.15, -0.1) is 0 Å². The lowest BCUT2D eigenvalue weighted by molar-refractivity contribution is -0.117. The van der Waals surface area contributed by atoms with Gasteiger partial charge in [-0.25, -0.2) is 8.42 Å². The second kappa shape index (κ2) is 8.75. The van der Waals surface area contributed by atoms with Crippen LogP contribution >= 0.6 is 0 Å². The van der Waals surface area contributed by atoms with Crippen molar-refractivity contribution in [3.05, 3.63) is 24.3 Å². The summed E-state index contributed by atoms with van der Waals surface area (Å²) in [5.41, 5.74) is 6.25. The number of amides is 1. The number of hydrogen-bond acceptors (Lipinski definition) is 5. The molecule has 1 saturated heterocycles. The van der Waals surface area contributed by atoms with E-state index in [1.54, 1.807) is 18.2 Å². The number of anilines is 1. The molecule has 0 radical (unpaired) electrons. The van der Waals surface area contributed by atoms with E-state index in [-0.39, 0.29) is 10.8 Å². The Balaban J connectivity index is 2.10. The van der Waals surface area contributed by atoms with E-state index >= 15 is 0 Å². The summed E-state index contributed by atoms with van der Waals surface area (Å²) in [4.78, 5) is 14.4. The Morgan fingerprint density at radius 3 is 2.52 bits per heavy atom. The van der Waals surface area contributed by atoms with Gasteiger partial charge in [0.25, 0.3) is 0 Å². The third-order valence-corrected chi connectivity index (χ3v) is 6.35. The zero-order valence-corrected chi connectivity index (χ0v) is 15.8. The van der Waals surface area contributed by atoms with Gasteiger partial charge in [0.15, 0.2) is 0 Å². The number of likely N-dealkylation sites (N-methyl/N-ethyl adjacent to an activating group) is 1. The summed E-state index contributed by atoms with van der Waals surface area (Å²) in [6.07, 6.45) is 1.40. The highest BCUT2D eigenvalue weighted by Crippen LogP contribution is 2.21. The first kappa shape index (κ1) is 19.8. The summed E-state index contributed by atoms with van der Waals surface area (Å²) < 4.78 is 27.2. The minimum Gasteiger partial charge on any atom is -0.325 e. The van der Waals surface area contributed by atoms with Gasteiger partial charge in [0.1, 0.15) is 0 Å². The van der Waals surface area contributed by atoms with Gasteiger partial charge < -0.3 is 16.0 Å². The van der Waals surface area contributed by atoms with E-state index < -0.39 is 16.1 Å². The number of nitrogens with zero attached hydrogens (tertiary/aromatic N) is 2. The van der Waals surface area contributed by atoms with Crippen LogP contribution in [0.4, 0.5) is 5.69 Å². The van der Waals surface area contributed by atoms with Gasteiger partial charge in [-0.2, -0.15) is 4.31 Å². The van der Waals surface area contributed by atoms with Crippen molar-refractivity contribution in [3.8, 4) is 0 Å². The number of rotatable bonds is 7. The molecule has 1 aliphatic heterocycles. The Bertz CT molecular complexity index is 685. The van der Waals surface area contributed by atoms with Crippen molar-refractivity contribution >= 4 is 21.6 Å². The van der Waals surface area contributed by atoms with Crippen molar-refractivity contribution in [1.82, 2.24) is 9.21 Å². The van der Waals surface area contributed by atoms with Crippen molar-refractivity contribution in [2.75, 3.05) is 38.0 Å². The van der Waals surface area contributed by atoms with Gasteiger partial charge in [-0.1, -0.05) is 26.3 Å². The molecule has 25 heavy (non-hydrogen) atoms. The van der Waals surface area contributed by atoms with E-state index in [0.29, 0.717) is 25.2 Å². The Labute approximate surface area is 150 Å². The van der Waals surface area contributed by atoms with Gasteiger partial charge in [0.05, 0.1) is 10.9 Å². The molecular weight excluding hydrogens is 340 g/mol. The van der Waals surface area contributed by atoms with Gasteiger partial charge >= 0.3 is 0 Å². The number of nitrogens with one attached hydrogen (secondary N) is 1. The average Bonchev–Trinajstić information content (AvgIpc) is 2.62. The molecule has 1 aromatic rings. The second-order valence-corrected chi connectivity index (χ2v) is 8.19. The van der Waals surface area contributed by atoms with E-state index in [1.165, 1.54) is 10.4 Å². The molecular formula is C17H28N4O3S. The summed E-state index contributed by atoms with van der Waals surface area (Å²) in [5, 5.41) is 2.70. The Morgan fingerprint density at radius 1 is 1.24 bits per heavy atom. The summed E-state index contributed by atoms with van der Waals surface area (Å²) in [6.45, 7) is 7.38. The summed E-state index contributed by atoms with van der Waals surface area (Å²) in [7, 11) is -3.56. The molecule has 2 rings (SSSR count). The van der Waals surface area contributed by atoms with Gasteiger partial charge in [0.2, 0.25) is 15.9 Å². The molecule has 0 bridgehead atoms. The summed E-state index contributed by atoms with van der Waals surface area (Å²) >= 11 is 0. The lowest BCUT2D eigenvalue weighted by Gasteiger charge is -2.33. The monoisotopic (exact) mass is 368 g/mol. The Hall–Kier alpha value is -1.48. The number of nitrogens with two attached hydrogens (primary N) is 1. The molecule has 1 fully saturated rings. The van der Waals surface area contributed by atoms with Crippen LogP contribution in [0.3, 0.4) is 0 Å². The number of piperazine rings is 1. The fraction of sp³-hybridized carbons (Fsp3) is 0.588. The first-order valence-electron chi connectivity index (χ1n) is 8.77. The smallest absolute Gasteiger partial charge is 0.243 e. The van der Waals surface area contributed by atoms with Crippen LogP contribution in [0.1, 0.15) is 26.7 Å². The molecule has 1 heterocycles. The van der Waals surface area contributed by atoms with Crippen molar-refractivity contribution < 1.29 is 13.2 Å². The third-order valence-electron chi connectivity index (χ3n) is 4.45. The third kappa shape index (κ3) is 5.01. The van der Waals surface area contributed by atoms with Crippen LogP contribution in [0, 0.1) is 0 Å². The number of sulfonamides is 1. The molecule has 1 aliphatic rings. The van der Waals surface area contributed by atoms with Crippen molar-refractivity contribution in [3.63, 3.8) is 0 Å². The maximum Gasteiger partial charge on any atom is 0.243 e. The fourth-order valence-corrected chi connectivity index (χ4v) is 4.32. The molecule has 3 N–H and O–H groups in total. The van der Waals surface area contributed by atoms with Gasteiger partial charge in [0, 0.05) is 31.9 Å². The minimum atomic E-state index is -3.56. The van der Waals surface area contributed by atoms with Crippen molar-refractivity contribution in [2.45, 2.75) is 37.6 Å². The van der Waals surface area contributed by atoms with E-state index in [0.717, 1.165) is 26.1 Å². The van der Waals surface area contributed by atoms with Gasteiger partial charge in [-0.05, 0) is 31.2 Å². The molecule has 1 amide bonds. The molecule has 0 saturated carbocycles. The van der Waals surface area contributed by atoms with Crippen LogP contribution in [-0.4, -0.2) is 62.3 Å². The van der Waals surface area contributed by atoms with E-state index in [1.807, 2.05) is 6.92 Å². The largest absolute Gasteiger partial charge is 0.325 e. The first-order valence-corrected chi connectivity index (χ1v) is 10.2. The maximum atomic E-state index is 12.8. The lowest BCUT2D eigenvalue weighted by atomic mass is 10.1. The van der Waals surface area contributed by atoms with E-state index in [4.69, 9.17) is 5.73 Å². The number of carbonyl (C=O) groups excluding carboxylic acids is 1. The second-order valence-electron chi connectivity index (χ2n) is 6.25. The molecule has 0 spiro atoms. The standard InChI is InChI=1S/C17H28N4O3S/c1-3-6-16(18)17(22)19-14-7-5-8-15(13-14)25(23,24)21-11-9-20(4-2)10-12-21/h5,7-8,13,16H,3-4,6,9-12,18H2,1-2H3,(H,19,22). The topological polar surface area (TPSA) is 95.7 Å². The van der Waals surface area contributed by atoms with Crippen LogP contribution in [0.25, 0.3) is 0 Å². The van der Waals surface area contributed by atoms with Crippen LogP contribution in [0.5, 0.6) is 0 Å². The first-order chi connectivity index (χ1) is 11.9. The van der Waals surface area contributed by atoms with Crippen LogP contribution in [-0.2, 0) is 14.8 Å². The Morgan fingerprint density at radius 2 is 1.92 bits per heavy atom. The predicted molar refractivity (Wildman–Crippen MR) is 98.8 cm³/mol. The van der Waals surface area contributed by atoms with E-state index in [2.05, 4.69) is 17.1 Å². The maximum absolute atomic E-state index is 12.8. The molecule has 0 aromatic heterocycles. The number of carbonyl (C=O) groups is 1. The zero-order chi connectivity index (χ0) is 18.4. The zero-order valence-electron chi connectivity index (χ0n) is 14.9. The van der Waals surface area contributed by atoms with Crippen molar-refractivity contribution in [2.24, 2.45) is 5.73 Å². The molecule has 0 aliphatic carbocycles. The molecule has 8 heteroatoms. The fourth-order valence-electron chi connectivity index (χ4n) is 2.85. The highest BCUT2D eigenvalue weighted by molar-refractivity contribution is 7.89. The van der Waals surface area contributed by atoms with Crippen LogP contribution in [0.15, 0.2) is 29.2 Å². The molecule has 1 atom stereocenters. The van der Waals surface area contributed by atoms with Crippen LogP contribution < -0.4 is 11.1 Å². The predicted octanol–water partition coefficient (Wildman–Crippen LogP) is 1.08. The molecule has 1 aromatic carbocycles. The SMILES string of the molecule is CCCC(N)C(=O)Nc1cccc(S(=O)(=O)N2CCN(CC)CC2)c1. The lowest BCUT2D eigenvalue weighted by Crippen LogP contribution is -2.48. The quantitative estimate of drug-likeness (QED) is 0.751. The van der Waals surface area contributed by atoms with E-state index in [9.17, 15) is 13.2 Å². The highest BCUT2D eigenvalue weighted by Gasteiger charge is 2.28. The Kier molecular flexibility index (Phi) is 6.95. The normalized spacial score (nSPS) is 18.0. The van der Waals surface area contributed by atoms with Gasteiger partial charge in [-0.3, -0.25) is 4.79 Å².